The standard InChI is InChI=1S/C39H45N/c1-3-11-28(12-4-1)32-25-33(29-13-5-2-6-14-29)27-34(26-32)30-18-20-31(21-19-30)35-22-23-38(39-17-9-10-24-40-39)37-16-8-7-15-36(35)37/h7-10,15-18,20,24-29,39-40H,1-6,11-14,19,21-23H2. The zero-order valence-corrected chi connectivity index (χ0v) is 24.1. The van der Waals surface area contributed by atoms with Crippen LogP contribution in [0.2, 0.25) is 0 Å². The molecule has 0 aromatic heterocycles. The highest BCUT2D eigenvalue weighted by Crippen LogP contribution is 2.41. The Hall–Kier alpha value is -3.06. The van der Waals surface area contributed by atoms with E-state index in [1.165, 1.54) is 85.8 Å². The number of dihydropyridines is 1. The lowest BCUT2D eigenvalue weighted by Crippen LogP contribution is -2.39. The lowest BCUT2D eigenvalue weighted by Gasteiger charge is -2.28. The average molecular weight is 528 g/mol. The number of fused-ring (bicyclic) bond motifs is 1. The van der Waals surface area contributed by atoms with E-state index in [1.807, 2.05) is 0 Å². The molecule has 2 aromatic rings. The Morgan fingerprint density at radius 3 is 1.88 bits per heavy atom. The predicted octanol–water partition coefficient (Wildman–Crippen LogP) is 8.72. The second-order valence-corrected chi connectivity index (χ2v) is 12.9. The molecular weight excluding hydrogens is 482 g/mol. The molecule has 0 bridgehead atoms. The minimum atomic E-state index is 0.314. The van der Waals surface area contributed by atoms with E-state index in [4.69, 9.17) is 0 Å². The Bertz CT molecular complexity index is 1450. The van der Waals surface area contributed by atoms with Crippen LogP contribution >= 0.6 is 0 Å². The minimum Gasteiger partial charge on any atom is -0.381 e. The van der Waals surface area contributed by atoms with Gasteiger partial charge in [-0.1, -0.05) is 105 Å². The van der Waals surface area contributed by atoms with Crippen LogP contribution in [-0.4, -0.2) is 6.04 Å². The zero-order chi connectivity index (χ0) is 26.7. The van der Waals surface area contributed by atoms with Crippen LogP contribution in [0.5, 0.6) is 0 Å². The normalized spacial score (nSPS) is 23.9. The number of hydrogen-bond acceptors (Lipinski definition) is 1. The van der Waals surface area contributed by atoms with Gasteiger partial charge in [0.1, 0.15) is 0 Å². The molecule has 0 saturated heterocycles. The van der Waals surface area contributed by atoms with Gasteiger partial charge in [0.2, 0.25) is 0 Å². The van der Waals surface area contributed by atoms with Crippen molar-refractivity contribution in [1.29, 1.82) is 0 Å². The average Bonchev–Trinajstić information content (AvgIpc) is 3.05. The summed E-state index contributed by atoms with van der Waals surface area (Å²) in [7, 11) is 0. The van der Waals surface area contributed by atoms with Crippen molar-refractivity contribution in [2.75, 3.05) is 0 Å². The molecule has 1 aliphatic heterocycles. The number of allylic oxidation sites excluding steroid dienone is 6. The van der Waals surface area contributed by atoms with Gasteiger partial charge in [-0.2, -0.15) is 0 Å². The Balaban J connectivity index is 1.24. The van der Waals surface area contributed by atoms with Crippen molar-refractivity contribution in [2.24, 2.45) is 0 Å². The third kappa shape index (κ3) is 5.32. The predicted molar refractivity (Wildman–Crippen MR) is 170 cm³/mol. The molecular formula is C39H45N. The highest BCUT2D eigenvalue weighted by Gasteiger charge is 2.23. The Morgan fingerprint density at radius 1 is 0.600 bits per heavy atom. The van der Waals surface area contributed by atoms with Crippen molar-refractivity contribution < 1.29 is 0 Å². The van der Waals surface area contributed by atoms with Gasteiger partial charge >= 0.3 is 0 Å². The molecule has 5 aliphatic rings. The van der Waals surface area contributed by atoms with Crippen molar-refractivity contribution in [3.8, 4) is 0 Å². The summed E-state index contributed by atoms with van der Waals surface area (Å²) in [5.41, 5.74) is 11.0. The van der Waals surface area contributed by atoms with E-state index in [2.05, 4.69) is 84.4 Å². The van der Waals surface area contributed by atoms with E-state index in [0.29, 0.717) is 6.04 Å². The molecule has 1 N–H and O–H groups in total. The van der Waals surface area contributed by atoms with E-state index in [1.54, 1.807) is 27.8 Å². The van der Waals surface area contributed by atoms with Crippen molar-refractivity contribution in [3.63, 3.8) is 0 Å². The second kappa shape index (κ2) is 11.8. The third-order valence-corrected chi connectivity index (χ3v) is 10.4. The molecule has 1 heteroatoms. The molecule has 40 heavy (non-hydrogen) atoms. The fourth-order valence-corrected chi connectivity index (χ4v) is 8.21. The fraction of sp³-hybridized carbons (Fsp3) is 0.436. The van der Waals surface area contributed by atoms with Gasteiger partial charge in [0.05, 0.1) is 6.04 Å². The van der Waals surface area contributed by atoms with E-state index in [0.717, 1.165) is 37.5 Å². The Kier molecular flexibility index (Phi) is 7.64. The van der Waals surface area contributed by atoms with Crippen LogP contribution in [0.1, 0.15) is 118 Å². The first kappa shape index (κ1) is 25.9. The lowest BCUT2D eigenvalue weighted by atomic mass is 9.77. The summed E-state index contributed by atoms with van der Waals surface area (Å²) < 4.78 is 0. The molecule has 0 spiro atoms. The van der Waals surface area contributed by atoms with Gasteiger partial charge in [-0.3, -0.25) is 0 Å². The second-order valence-electron chi connectivity index (χ2n) is 12.9. The number of hydrogen-bond donors (Lipinski definition) is 1. The smallest absolute Gasteiger partial charge is 0.0664 e. The van der Waals surface area contributed by atoms with Crippen LogP contribution in [0.25, 0.3) is 16.7 Å². The first-order valence-electron chi connectivity index (χ1n) is 16.3. The summed E-state index contributed by atoms with van der Waals surface area (Å²) in [5.74, 6) is 1.55. The number of rotatable bonds is 5. The summed E-state index contributed by atoms with van der Waals surface area (Å²) in [4.78, 5) is 0. The number of nitrogens with one attached hydrogen (secondary N) is 1. The van der Waals surface area contributed by atoms with E-state index in [-0.39, 0.29) is 0 Å². The van der Waals surface area contributed by atoms with Crippen molar-refractivity contribution in [2.45, 2.75) is 108 Å². The molecule has 7 rings (SSSR count). The van der Waals surface area contributed by atoms with Crippen LogP contribution in [0.3, 0.4) is 0 Å². The van der Waals surface area contributed by atoms with Gasteiger partial charge in [0, 0.05) is 0 Å². The van der Waals surface area contributed by atoms with E-state index in [9.17, 15) is 0 Å². The maximum absolute atomic E-state index is 3.57. The summed E-state index contributed by atoms with van der Waals surface area (Å²) in [6.07, 6.45) is 32.2. The van der Waals surface area contributed by atoms with Crippen molar-refractivity contribution in [1.82, 2.24) is 5.32 Å². The molecule has 1 unspecified atom stereocenters. The molecule has 2 saturated carbocycles. The van der Waals surface area contributed by atoms with Crippen LogP contribution in [0, 0.1) is 0 Å². The van der Waals surface area contributed by atoms with Gasteiger partial charge in [-0.05, 0) is 125 Å². The molecule has 4 aliphatic carbocycles. The Labute approximate surface area is 241 Å². The van der Waals surface area contributed by atoms with Gasteiger partial charge in [0.25, 0.3) is 0 Å². The maximum atomic E-state index is 3.57. The summed E-state index contributed by atoms with van der Waals surface area (Å²) in [5, 5.41) is 6.46. The van der Waals surface area contributed by atoms with Crippen LogP contribution in [0.4, 0.5) is 0 Å². The van der Waals surface area contributed by atoms with Crippen LogP contribution < -0.4 is 15.8 Å². The molecule has 206 valence electrons. The fourth-order valence-electron chi connectivity index (χ4n) is 8.21. The van der Waals surface area contributed by atoms with Gasteiger partial charge in [-0.25, -0.2) is 0 Å². The maximum Gasteiger partial charge on any atom is 0.0664 e. The number of benzene rings is 2. The van der Waals surface area contributed by atoms with Gasteiger partial charge < -0.3 is 5.32 Å². The lowest BCUT2D eigenvalue weighted by molar-refractivity contribution is 0.435. The first-order chi connectivity index (χ1) is 19.8. The molecule has 1 atom stereocenters. The minimum absolute atomic E-state index is 0.314. The van der Waals surface area contributed by atoms with Gasteiger partial charge in [0.15, 0.2) is 0 Å². The summed E-state index contributed by atoms with van der Waals surface area (Å²) in [6.45, 7) is 0. The summed E-state index contributed by atoms with van der Waals surface area (Å²) >= 11 is 0. The highest BCUT2D eigenvalue weighted by atomic mass is 14.9. The van der Waals surface area contributed by atoms with Crippen LogP contribution in [-0.2, 0) is 0 Å². The molecule has 1 nitrogen and oxygen atoms in total. The quantitative estimate of drug-likeness (QED) is 0.410. The SMILES string of the molecule is C1=CNC(C2=c3ccccc3=C(C3=CC=C(c4cc(C5CCCCC5)cc(C5CCCCC5)c4)CC3)CC2)C=C1. The third-order valence-electron chi connectivity index (χ3n) is 10.4. The zero-order valence-electron chi connectivity index (χ0n) is 24.1. The van der Waals surface area contributed by atoms with Crippen molar-refractivity contribution >= 4 is 16.7 Å². The highest BCUT2D eigenvalue weighted by molar-refractivity contribution is 5.77. The molecule has 1 heterocycles. The topological polar surface area (TPSA) is 12.0 Å². The molecule has 2 aromatic carbocycles. The summed E-state index contributed by atoms with van der Waals surface area (Å²) in [6, 6.07) is 17.3. The van der Waals surface area contributed by atoms with E-state index < -0.39 is 0 Å². The molecule has 0 radical (unpaired) electrons. The Morgan fingerprint density at radius 2 is 1.25 bits per heavy atom. The molecule has 0 amide bonds. The van der Waals surface area contributed by atoms with Crippen molar-refractivity contribution in [3.05, 3.63) is 112 Å². The van der Waals surface area contributed by atoms with Crippen LogP contribution in [0.15, 0.2) is 84.6 Å². The monoisotopic (exact) mass is 527 g/mol. The first-order valence-corrected chi connectivity index (χ1v) is 16.3. The largest absolute Gasteiger partial charge is 0.381 e. The van der Waals surface area contributed by atoms with Gasteiger partial charge in [-0.15, -0.1) is 0 Å². The molecule has 2 fully saturated rings. The van der Waals surface area contributed by atoms with E-state index >= 15 is 0 Å².